The molecule has 0 aromatic heterocycles. The summed E-state index contributed by atoms with van der Waals surface area (Å²) in [7, 11) is -3.58. The highest BCUT2D eigenvalue weighted by atomic mass is 32.2. The largest absolute Gasteiger partial charge is 0.336 e. The molecule has 110 valence electrons. The Hall–Kier alpha value is -1.47. The Labute approximate surface area is 117 Å². The zero-order valence-electron chi connectivity index (χ0n) is 11.1. The minimum atomic E-state index is -3.58. The number of benzene rings is 1. The van der Waals surface area contributed by atoms with Crippen molar-refractivity contribution < 1.29 is 17.6 Å². The molecule has 1 heterocycles. The second-order valence-corrected chi connectivity index (χ2v) is 6.83. The summed E-state index contributed by atoms with van der Waals surface area (Å²) < 4.78 is 35.1. The highest BCUT2D eigenvalue weighted by Gasteiger charge is 2.34. The molecule has 7 heteroatoms. The van der Waals surface area contributed by atoms with Crippen LogP contribution in [0.25, 0.3) is 0 Å². The van der Waals surface area contributed by atoms with E-state index < -0.39 is 10.0 Å². The number of amides is 1. The Bertz CT molecular complexity index is 601. The van der Waals surface area contributed by atoms with Crippen LogP contribution < -0.4 is 5.14 Å². The number of hydrogen-bond acceptors (Lipinski definition) is 3. The van der Waals surface area contributed by atoms with Crippen molar-refractivity contribution in [3.63, 3.8) is 0 Å². The van der Waals surface area contributed by atoms with E-state index in [1.807, 2.05) is 6.92 Å². The number of sulfonamides is 1. The Morgan fingerprint density at radius 2 is 2.00 bits per heavy atom. The molecule has 2 atom stereocenters. The number of likely N-dealkylation sites (tertiary alicyclic amines) is 1. The fourth-order valence-electron chi connectivity index (χ4n) is 2.54. The summed E-state index contributed by atoms with van der Waals surface area (Å²) in [4.78, 5) is 13.6. The van der Waals surface area contributed by atoms with Gasteiger partial charge in [-0.15, -0.1) is 0 Å². The Morgan fingerprint density at radius 3 is 2.55 bits per heavy atom. The van der Waals surface area contributed by atoms with Crippen LogP contribution in [0.4, 0.5) is 4.39 Å². The monoisotopic (exact) mass is 300 g/mol. The molecule has 1 amide bonds. The van der Waals surface area contributed by atoms with Gasteiger partial charge in [-0.3, -0.25) is 4.79 Å². The normalized spacial score (nSPS) is 21.2. The lowest BCUT2D eigenvalue weighted by molar-refractivity contribution is -0.129. The maximum Gasteiger partial charge on any atom is 0.223 e. The zero-order valence-corrected chi connectivity index (χ0v) is 11.9. The van der Waals surface area contributed by atoms with Crippen molar-refractivity contribution >= 4 is 15.9 Å². The first kappa shape index (κ1) is 14.9. The smallest absolute Gasteiger partial charge is 0.223 e. The first-order valence-electron chi connectivity index (χ1n) is 6.31. The Morgan fingerprint density at radius 1 is 1.40 bits per heavy atom. The zero-order chi connectivity index (χ0) is 14.9. The fourth-order valence-corrected chi connectivity index (χ4v) is 3.42. The second-order valence-electron chi connectivity index (χ2n) is 5.17. The highest BCUT2D eigenvalue weighted by molar-refractivity contribution is 7.89. The van der Waals surface area contributed by atoms with Crippen LogP contribution in [0.5, 0.6) is 0 Å². The van der Waals surface area contributed by atoms with Crippen molar-refractivity contribution in [2.45, 2.75) is 19.4 Å². The molecule has 1 aliphatic heterocycles. The van der Waals surface area contributed by atoms with E-state index in [1.165, 1.54) is 12.1 Å². The summed E-state index contributed by atoms with van der Waals surface area (Å²) in [6.45, 7) is 2.19. The number of primary sulfonamides is 1. The van der Waals surface area contributed by atoms with E-state index in [4.69, 9.17) is 5.14 Å². The van der Waals surface area contributed by atoms with Gasteiger partial charge in [-0.25, -0.2) is 17.9 Å². The average Bonchev–Trinajstić information content (AvgIpc) is 2.67. The van der Waals surface area contributed by atoms with Crippen LogP contribution in [0.2, 0.25) is 0 Å². The molecule has 5 nitrogen and oxygen atoms in total. The van der Waals surface area contributed by atoms with Gasteiger partial charge in [-0.05, 0) is 24.6 Å². The third kappa shape index (κ3) is 3.55. The Kier molecular flexibility index (Phi) is 4.10. The first-order valence-corrected chi connectivity index (χ1v) is 8.03. The van der Waals surface area contributed by atoms with Gasteiger partial charge in [-0.1, -0.05) is 12.1 Å². The molecule has 1 aromatic rings. The van der Waals surface area contributed by atoms with Crippen molar-refractivity contribution in [2.24, 2.45) is 11.1 Å². The predicted octanol–water partition coefficient (Wildman–Crippen LogP) is 1.02. The molecule has 1 aromatic carbocycles. The van der Waals surface area contributed by atoms with E-state index in [1.54, 1.807) is 17.0 Å². The summed E-state index contributed by atoms with van der Waals surface area (Å²) in [5, 5.41) is 5.01. The fraction of sp³-hybridized carbons (Fsp3) is 0.462. The molecule has 1 fully saturated rings. The summed E-state index contributed by atoms with van der Waals surface area (Å²) >= 11 is 0. The minimum absolute atomic E-state index is 0.101. The third-order valence-electron chi connectivity index (χ3n) is 3.53. The average molecular weight is 300 g/mol. The van der Waals surface area contributed by atoms with Gasteiger partial charge in [0.2, 0.25) is 15.9 Å². The summed E-state index contributed by atoms with van der Waals surface area (Å²) in [6.07, 6.45) is 0.183. The van der Waals surface area contributed by atoms with E-state index in [0.29, 0.717) is 6.54 Å². The minimum Gasteiger partial charge on any atom is -0.336 e. The summed E-state index contributed by atoms with van der Waals surface area (Å²) in [5.74, 6) is -0.901. The van der Waals surface area contributed by atoms with Gasteiger partial charge >= 0.3 is 0 Å². The molecule has 2 rings (SSSR count). The molecule has 2 unspecified atom stereocenters. The summed E-state index contributed by atoms with van der Waals surface area (Å²) in [5.41, 5.74) is 0.816. The molecule has 2 N–H and O–H groups in total. The quantitative estimate of drug-likeness (QED) is 0.901. The van der Waals surface area contributed by atoms with Crippen molar-refractivity contribution in [1.82, 2.24) is 4.90 Å². The number of nitrogens with two attached hydrogens (primary N) is 1. The van der Waals surface area contributed by atoms with Gasteiger partial charge in [0.25, 0.3) is 0 Å². The van der Waals surface area contributed by atoms with Gasteiger partial charge in [0.05, 0.1) is 11.8 Å². The number of rotatable bonds is 4. The lowest BCUT2D eigenvalue weighted by Gasteiger charge is -2.25. The molecule has 0 aliphatic carbocycles. The number of carbonyl (C=O) groups excluding carboxylic acids is 1. The van der Waals surface area contributed by atoms with E-state index in [2.05, 4.69) is 0 Å². The van der Waals surface area contributed by atoms with Crippen molar-refractivity contribution in [3.8, 4) is 0 Å². The molecule has 1 saturated heterocycles. The van der Waals surface area contributed by atoms with Gasteiger partial charge in [-0.2, -0.15) is 0 Å². The van der Waals surface area contributed by atoms with Crippen molar-refractivity contribution in [2.75, 3.05) is 12.3 Å². The van der Waals surface area contributed by atoms with Crippen LogP contribution >= 0.6 is 0 Å². The van der Waals surface area contributed by atoms with Crippen LogP contribution in [0.3, 0.4) is 0 Å². The van der Waals surface area contributed by atoms with Crippen LogP contribution in [-0.4, -0.2) is 31.5 Å². The van der Waals surface area contributed by atoms with Crippen LogP contribution in [0, 0.1) is 11.7 Å². The molecular formula is C13H17FN2O3S. The van der Waals surface area contributed by atoms with E-state index in [9.17, 15) is 17.6 Å². The van der Waals surface area contributed by atoms with Gasteiger partial charge in [0.1, 0.15) is 5.82 Å². The molecule has 0 bridgehead atoms. The Balaban J connectivity index is 2.09. The second kappa shape index (κ2) is 5.49. The number of hydrogen-bond donors (Lipinski definition) is 1. The van der Waals surface area contributed by atoms with Gasteiger partial charge in [0, 0.05) is 18.9 Å². The van der Waals surface area contributed by atoms with Crippen LogP contribution in [0.15, 0.2) is 24.3 Å². The highest BCUT2D eigenvalue weighted by Crippen LogP contribution is 2.28. The SMILES string of the molecule is CC(c1ccc(F)cc1)N1CC(CS(N)(=O)=O)CC1=O. The maximum absolute atomic E-state index is 12.9. The lowest BCUT2D eigenvalue weighted by Crippen LogP contribution is -2.30. The molecule has 20 heavy (non-hydrogen) atoms. The molecule has 0 radical (unpaired) electrons. The molecule has 0 saturated carbocycles. The number of nitrogens with zero attached hydrogens (tertiary/aromatic N) is 1. The maximum atomic E-state index is 12.9. The first-order chi connectivity index (χ1) is 9.26. The van der Waals surface area contributed by atoms with Gasteiger partial charge in [0.15, 0.2) is 0 Å². The predicted molar refractivity (Wildman–Crippen MR) is 72.6 cm³/mol. The van der Waals surface area contributed by atoms with E-state index in [-0.39, 0.29) is 35.9 Å². The molecular weight excluding hydrogens is 283 g/mol. The van der Waals surface area contributed by atoms with Gasteiger partial charge < -0.3 is 4.90 Å². The summed E-state index contributed by atoms with van der Waals surface area (Å²) in [6, 6.07) is 5.72. The number of carbonyl (C=O) groups is 1. The van der Waals surface area contributed by atoms with Crippen LogP contribution in [-0.2, 0) is 14.8 Å². The number of halogens is 1. The van der Waals surface area contributed by atoms with Crippen molar-refractivity contribution in [1.29, 1.82) is 0 Å². The molecule has 0 spiro atoms. The topological polar surface area (TPSA) is 80.5 Å². The van der Waals surface area contributed by atoms with Crippen LogP contribution in [0.1, 0.15) is 24.9 Å². The molecule has 1 aliphatic rings. The third-order valence-corrected chi connectivity index (χ3v) is 4.46. The lowest BCUT2D eigenvalue weighted by atomic mass is 10.1. The van der Waals surface area contributed by atoms with Crippen molar-refractivity contribution in [3.05, 3.63) is 35.6 Å². The standard InChI is InChI=1S/C13H17FN2O3S/c1-9(11-2-4-12(14)5-3-11)16-7-10(6-13(16)17)8-20(15,18)19/h2-5,9-10H,6-8H2,1H3,(H2,15,18,19). The van der Waals surface area contributed by atoms with E-state index in [0.717, 1.165) is 5.56 Å². The van der Waals surface area contributed by atoms with E-state index >= 15 is 0 Å².